The van der Waals surface area contributed by atoms with Gasteiger partial charge in [-0.2, -0.15) is 0 Å². The lowest BCUT2D eigenvalue weighted by Gasteiger charge is -2.16. The second-order valence-electron chi connectivity index (χ2n) is 5.76. The first-order chi connectivity index (χ1) is 10.6. The Labute approximate surface area is 130 Å². The first kappa shape index (κ1) is 14.7. The number of hydrogen-bond donors (Lipinski definition) is 2. The van der Waals surface area contributed by atoms with Gasteiger partial charge in [0.1, 0.15) is 12.1 Å². The molecule has 3 N–H and O–H groups in total. The number of anilines is 1. The van der Waals surface area contributed by atoms with Crippen molar-refractivity contribution in [3.63, 3.8) is 0 Å². The molecule has 2 aromatic heterocycles. The fourth-order valence-electron chi connectivity index (χ4n) is 2.70. The van der Waals surface area contributed by atoms with Crippen LogP contribution in [0.1, 0.15) is 30.5 Å². The topological polar surface area (TPSA) is 86.0 Å². The Morgan fingerprint density at radius 1 is 1.23 bits per heavy atom. The maximum absolute atomic E-state index is 5.96. The van der Waals surface area contributed by atoms with Gasteiger partial charge in [-0.1, -0.05) is 0 Å². The molecule has 2 atom stereocenters. The zero-order valence-electron chi connectivity index (χ0n) is 12.9. The highest BCUT2D eigenvalue weighted by molar-refractivity contribution is 5.49. The van der Waals surface area contributed by atoms with Gasteiger partial charge in [0.05, 0.1) is 11.3 Å². The number of nitrogens with one attached hydrogen (secondary N) is 1. The zero-order valence-corrected chi connectivity index (χ0v) is 12.9. The van der Waals surface area contributed by atoms with Crippen molar-refractivity contribution in [1.29, 1.82) is 0 Å². The zero-order chi connectivity index (χ0) is 15.5. The van der Waals surface area contributed by atoms with Crippen LogP contribution in [0.2, 0.25) is 0 Å². The number of ether oxygens (including phenoxy) is 1. The van der Waals surface area contributed by atoms with E-state index in [1.54, 1.807) is 6.20 Å². The SMILES string of the molecule is Cc1ncccc1Oc1ncnc(N[C@@H]2CC[C@@H](N)C2)c1C. The lowest BCUT2D eigenvalue weighted by molar-refractivity contribution is 0.451. The molecule has 0 radical (unpaired) electrons. The van der Waals surface area contributed by atoms with Crippen LogP contribution in [-0.2, 0) is 0 Å². The van der Waals surface area contributed by atoms with Crippen LogP contribution >= 0.6 is 0 Å². The summed E-state index contributed by atoms with van der Waals surface area (Å²) in [4.78, 5) is 12.8. The largest absolute Gasteiger partial charge is 0.437 e. The number of rotatable bonds is 4. The molecule has 0 amide bonds. The molecule has 0 aromatic carbocycles. The van der Waals surface area contributed by atoms with Crippen molar-refractivity contribution < 1.29 is 4.74 Å². The Balaban J connectivity index is 1.78. The summed E-state index contributed by atoms with van der Waals surface area (Å²) in [7, 11) is 0. The smallest absolute Gasteiger partial charge is 0.227 e. The highest BCUT2D eigenvalue weighted by Gasteiger charge is 2.23. The Morgan fingerprint density at radius 3 is 2.82 bits per heavy atom. The van der Waals surface area contributed by atoms with Crippen LogP contribution in [0.5, 0.6) is 11.6 Å². The van der Waals surface area contributed by atoms with Gasteiger partial charge >= 0.3 is 0 Å². The summed E-state index contributed by atoms with van der Waals surface area (Å²) in [6.45, 7) is 3.86. The summed E-state index contributed by atoms with van der Waals surface area (Å²) in [5.41, 5.74) is 7.69. The van der Waals surface area contributed by atoms with E-state index in [1.807, 2.05) is 26.0 Å². The van der Waals surface area contributed by atoms with Crippen molar-refractivity contribution >= 4 is 5.82 Å². The monoisotopic (exact) mass is 299 g/mol. The van der Waals surface area contributed by atoms with Crippen molar-refractivity contribution in [2.75, 3.05) is 5.32 Å². The van der Waals surface area contributed by atoms with Gasteiger partial charge in [0.2, 0.25) is 5.88 Å². The summed E-state index contributed by atoms with van der Waals surface area (Å²) in [5.74, 6) is 2.07. The number of nitrogens with zero attached hydrogens (tertiary/aromatic N) is 3. The third kappa shape index (κ3) is 3.17. The molecule has 1 aliphatic rings. The molecule has 1 aliphatic carbocycles. The van der Waals surface area contributed by atoms with Gasteiger partial charge in [0.25, 0.3) is 0 Å². The van der Waals surface area contributed by atoms with Crippen LogP contribution in [-0.4, -0.2) is 27.0 Å². The Hall–Kier alpha value is -2.21. The summed E-state index contributed by atoms with van der Waals surface area (Å²) in [5, 5.41) is 3.45. The van der Waals surface area contributed by atoms with Gasteiger partial charge in [0, 0.05) is 18.3 Å². The van der Waals surface area contributed by atoms with E-state index < -0.39 is 0 Å². The molecule has 3 rings (SSSR count). The molecule has 1 saturated carbocycles. The molecular weight excluding hydrogens is 278 g/mol. The van der Waals surface area contributed by atoms with Gasteiger partial charge in [-0.25, -0.2) is 9.97 Å². The fraction of sp³-hybridized carbons (Fsp3) is 0.438. The molecule has 0 unspecified atom stereocenters. The Morgan fingerprint density at radius 2 is 2.09 bits per heavy atom. The second kappa shape index (κ2) is 6.27. The quantitative estimate of drug-likeness (QED) is 0.902. The molecule has 2 aromatic rings. The lowest BCUT2D eigenvalue weighted by Crippen LogP contribution is -2.21. The Bertz CT molecular complexity index is 661. The third-order valence-corrected chi connectivity index (χ3v) is 4.02. The number of hydrogen-bond acceptors (Lipinski definition) is 6. The first-order valence-electron chi connectivity index (χ1n) is 7.56. The van der Waals surface area contributed by atoms with Gasteiger partial charge in [-0.3, -0.25) is 4.98 Å². The predicted molar refractivity (Wildman–Crippen MR) is 85.1 cm³/mol. The molecule has 1 fully saturated rings. The summed E-state index contributed by atoms with van der Waals surface area (Å²) in [6, 6.07) is 4.38. The third-order valence-electron chi connectivity index (χ3n) is 4.02. The first-order valence-corrected chi connectivity index (χ1v) is 7.56. The van der Waals surface area contributed by atoms with Gasteiger partial charge < -0.3 is 15.8 Å². The molecule has 0 aliphatic heterocycles. The second-order valence-corrected chi connectivity index (χ2v) is 5.76. The average molecular weight is 299 g/mol. The molecule has 0 spiro atoms. The van der Waals surface area contributed by atoms with Gasteiger partial charge in [0.15, 0.2) is 5.75 Å². The van der Waals surface area contributed by atoms with E-state index in [0.717, 1.165) is 36.3 Å². The molecular formula is C16H21N5O. The highest BCUT2D eigenvalue weighted by atomic mass is 16.5. The van der Waals surface area contributed by atoms with Crippen LogP contribution in [0.4, 0.5) is 5.82 Å². The molecule has 0 saturated heterocycles. The van der Waals surface area contributed by atoms with E-state index in [-0.39, 0.29) is 6.04 Å². The average Bonchev–Trinajstić information content (AvgIpc) is 2.91. The van der Waals surface area contributed by atoms with E-state index in [4.69, 9.17) is 10.5 Å². The van der Waals surface area contributed by atoms with E-state index in [2.05, 4.69) is 20.3 Å². The highest BCUT2D eigenvalue weighted by Crippen LogP contribution is 2.29. The summed E-state index contributed by atoms with van der Waals surface area (Å²) >= 11 is 0. The minimum Gasteiger partial charge on any atom is -0.437 e. The van der Waals surface area contributed by atoms with Crippen molar-refractivity contribution in [2.24, 2.45) is 5.73 Å². The number of pyridine rings is 1. The van der Waals surface area contributed by atoms with Crippen molar-refractivity contribution in [3.05, 3.63) is 35.9 Å². The lowest BCUT2D eigenvalue weighted by atomic mass is 10.2. The van der Waals surface area contributed by atoms with Crippen LogP contribution < -0.4 is 15.8 Å². The number of aromatic nitrogens is 3. The van der Waals surface area contributed by atoms with E-state index >= 15 is 0 Å². The minimum atomic E-state index is 0.286. The van der Waals surface area contributed by atoms with Crippen LogP contribution in [0, 0.1) is 13.8 Å². The maximum atomic E-state index is 5.96. The van der Waals surface area contributed by atoms with Crippen molar-refractivity contribution in [3.8, 4) is 11.6 Å². The van der Waals surface area contributed by atoms with Crippen LogP contribution in [0.3, 0.4) is 0 Å². The fourth-order valence-corrected chi connectivity index (χ4v) is 2.70. The van der Waals surface area contributed by atoms with Crippen molar-refractivity contribution in [1.82, 2.24) is 15.0 Å². The molecule has 116 valence electrons. The molecule has 0 bridgehead atoms. The van der Waals surface area contributed by atoms with Gasteiger partial charge in [-0.05, 0) is 45.2 Å². The van der Waals surface area contributed by atoms with Crippen LogP contribution in [0.25, 0.3) is 0 Å². The minimum absolute atomic E-state index is 0.286. The maximum Gasteiger partial charge on any atom is 0.227 e. The van der Waals surface area contributed by atoms with E-state index in [0.29, 0.717) is 17.7 Å². The van der Waals surface area contributed by atoms with E-state index in [1.165, 1.54) is 6.33 Å². The summed E-state index contributed by atoms with van der Waals surface area (Å²) < 4.78 is 5.89. The molecule has 6 heteroatoms. The normalized spacial score (nSPS) is 20.9. The van der Waals surface area contributed by atoms with Gasteiger partial charge in [-0.15, -0.1) is 0 Å². The summed E-state index contributed by atoms with van der Waals surface area (Å²) in [6.07, 6.45) is 6.36. The van der Waals surface area contributed by atoms with Crippen molar-refractivity contribution in [2.45, 2.75) is 45.2 Å². The predicted octanol–water partition coefficient (Wildman–Crippen LogP) is 2.57. The molecule has 22 heavy (non-hydrogen) atoms. The number of nitrogens with two attached hydrogens (primary N) is 1. The van der Waals surface area contributed by atoms with Crippen LogP contribution in [0.15, 0.2) is 24.7 Å². The molecule has 6 nitrogen and oxygen atoms in total. The number of aryl methyl sites for hydroxylation is 1. The molecule has 2 heterocycles. The Kier molecular flexibility index (Phi) is 4.20. The van der Waals surface area contributed by atoms with E-state index in [9.17, 15) is 0 Å². The standard InChI is InChI=1S/C16H21N5O/c1-10-15(21-13-6-5-12(17)8-13)19-9-20-16(10)22-14-4-3-7-18-11(14)2/h3-4,7,9,12-13H,5-6,8,17H2,1-2H3,(H,19,20,21)/t12-,13-/m1/s1.